The molecule has 1 heterocycles. The van der Waals surface area contributed by atoms with Gasteiger partial charge in [-0.2, -0.15) is 0 Å². The van der Waals surface area contributed by atoms with Crippen molar-refractivity contribution in [2.75, 3.05) is 11.9 Å². The largest absolute Gasteiger partial charge is 0.380 e. The average Bonchev–Trinajstić information content (AvgIpc) is 3.08. The number of anilines is 1. The van der Waals surface area contributed by atoms with E-state index >= 15 is 0 Å². The second-order valence-corrected chi connectivity index (χ2v) is 5.89. The second-order valence-electron chi connectivity index (χ2n) is 5.48. The Balaban J connectivity index is 1.66. The third-order valence-electron chi connectivity index (χ3n) is 3.93. The van der Waals surface area contributed by atoms with Crippen LogP contribution in [0.5, 0.6) is 0 Å². The molecule has 2 aliphatic rings. The van der Waals surface area contributed by atoms with Gasteiger partial charge in [-0.05, 0) is 44.4 Å². The highest BCUT2D eigenvalue weighted by Gasteiger charge is 2.38. The summed E-state index contributed by atoms with van der Waals surface area (Å²) in [4.78, 5) is 2.58. The number of rotatable bonds is 3. The Morgan fingerprint density at radius 2 is 2.17 bits per heavy atom. The minimum atomic E-state index is -0.287. The SMILES string of the molecule is CC1CC(Nc2ccc(F)cc2Cl)CN1C1CC1. The van der Waals surface area contributed by atoms with Crippen LogP contribution < -0.4 is 5.32 Å². The molecule has 2 unspecified atom stereocenters. The van der Waals surface area contributed by atoms with Crippen molar-refractivity contribution in [1.82, 2.24) is 4.90 Å². The van der Waals surface area contributed by atoms with E-state index in [4.69, 9.17) is 11.6 Å². The molecule has 1 saturated heterocycles. The zero-order valence-corrected chi connectivity index (χ0v) is 11.3. The van der Waals surface area contributed by atoms with E-state index in [1.807, 2.05) is 0 Å². The summed E-state index contributed by atoms with van der Waals surface area (Å²) in [7, 11) is 0. The summed E-state index contributed by atoms with van der Waals surface area (Å²) >= 11 is 6.04. The molecule has 0 aromatic heterocycles. The van der Waals surface area contributed by atoms with Gasteiger partial charge in [0, 0.05) is 24.7 Å². The van der Waals surface area contributed by atoms with Crippen molar-refractivity contribution >= 4 is 17.3 Å². The van der Waals surface area contributed by atoms with Crippen LogP contribution in [-0.4, -0.2) is 29.6 Å². The van der Waals surface area contributed by atoms with Crippen LogP contribution in [0.25, 0.3) is 0 Å². The van der Waals surface area contributed by atoms with Gasteiger partial charge in [0.15, 0.2) is 0 Å². The molecule has 1 aliphatic carbocycles. The van der Waals surface area contributed by atoms with Crippen molar-refractivity contribution in [3.63, 3.8) is 0 Å². The number of benzene rings is 1. The van der Waals surface area contributed by atoms with Crippen molar-refractivity contribution in [1.29, 1.82) is 0 Å². The lowest BCUT2D eigenvalue weighted by molar-refractivity contribution is 0.257. The maximum absolute atomic E-state index is 13.0. The van der Waals surface area contributed by atoms with Crippen molar-refractivity contribution in [3.05, 3.63) is 29.0 Å². The fourth-order valence-corrected chi connectivity index (χ4v) is 3.12. The summed E-state index contributed by atoms with van der Waals surface area (Å²) in [6.07, 6.45) is 3.81. The molecule has 2 fully saturated rings. The lowest BCUT2D eigenvalue weighted by Crippen LogP contribution is -2.31. The van der Waals surface area contributed by atoms with Crippen LogP contribution in [0.3, 0.4) is 0 Å². The Labute approximate surface area is 112 Å². The first kappa shape index (κ1) is 12.2. The highest BCUT2D eigenvalue weighted by Crippen LogP contribution is 2.34. The van der Waals surface area contributed by atoms with Gasteiger partial charge in [-0.3, -0.25) is 4.90 Å². The number of likely N-dealkylation sites (tertiary alicyclic amines) is 1. The lowest BCUT2D eigenvalue weighted by atomic mass is 10.2. The molecule has 0 radical (unpaired) electrons. The standard InChI is InChI=1S/C14H18ClFN2/c1-9-6-11(8-18(9)12-3-4-12)17-14-5-2-10(16)7-13(14)15/h2,5,7,9,11-12,17H,3-4,6,8H2,1H3. The third kappa shape index (κ3) is 2.47. The Hall–Kier alpha value is -0.800. The van der Waals surface area contributed by atoms with Crippen LogP contribution in [0.4, 0.5) is 10.1 Å². The molecular weight excluding hydrogens is 251 g/mol. The number of nitrogens with zero attached hydrogens (tertiary/aromatic N) is 1. The quantitative estimate of drug-likeness (QED) is 0.902. The molecule has 4 heteroatoms. The van der Waals surface area contributed by atoms with E-state index in [1.54, 1.807) is 6.07 Å². The average molecular weight is 269 g/mol. The van der Waals surface area contributed by atoms with Crippen molar-refractivity contribution in [2.45, 2.75) is 44.3 Å². The fraction of sp³-hybridized carbons (Fsp3) is 0.571. The lowest BCUT2D eigenvalue weighted by Gasteiger charge is -2.20. The van der Waals surface area contributed by atoms with E-state index in [2.05, 4.69) is 17.1 Å². The Morgan fingerprint density at radius 1 is 1.39 bits per heavy atom. The number of hydrogen-bond donors (Lipinski definition) is 1. The van der Waals surface area contributed by atoms with E-state index in [0.717, 1.165) is 24.7 Å². The monoisotopic (exact) mass is 268 g/mol. The molecule has 98 valence electrons. The van der Waals surface area contributed by atoms with E-state index < -0.39 is 0 Å². The van der Waals surface area contributed by atoms with Crippen LogP contribution >= 0.6 is 11.6 Å². The molecule has 0 amide bonds. The van der Waals surface area contributed by atoms with Gasteiger partial charge in [0.25, 0.3) is 0 Å². The van der Waals surface area contributed by atoms with Gasteiger partial charge in [0.1, 0.15) is 5.82 Å². The Kier molecular flexibility index (Phi) is 3.20. The topological polar surface area (TPSA) is 15.3 Å². The zero-order valence-electron chi connectivity index (χ0n) is 10.5. The molecule has 1 aliphatic heterocycles. The maximum Gasteiger partial charge on any atom is 0.124 e. The molecule has 1 aromatic carbocycles. The molecule has 2 atom stereocenters. The van der Waals surface area contributed by atoms with Crippen LogP contribution in [0, 0.1) is 5.82 Å². The molecule has 18 heavy (non-hydrogen) atoms. The van der Waals surface area contributed by atoms with E-state index in [1.165, 1.54) is 25.0 Å². The van der Waals surface area contributed by atoms with E-state index in [0.29, 0.717) is 17.1 Å². The van der Waals surface area contributed by atoms with Crippen molar-refractivity contribution in [3.8, 4) is 0 Å². The molecule has 0 spiro atoms. The molecule has 1 saturated carbocycles. The van der Waals surface area contributed by atoms with E-state index in [9.17, 15) is 4.39 Å². The van der Waals surface area contributed by atoms with Crippen LogP contribution in [0.15, 0.2) is 18.2 Å². The molecule has 1 N–H and O–H groups in total. The minimum Gasteiger partial charge on any atom is -0.380 e. The number of nitrogens with one attached hydrogen (secondary N) is 1. The highest BCUT2D eigenvalue weighted by molar-refractivity contribution is 6.33. The van der Waals surface area contributed by atoms with Gasteiger partial charge in [0.2, 0.25) is 0 Å². The van der Waals surface area contributed by atoms with Gasteiger partial charge < -0.3 is 5.32 Å². The molecule has 2 nitrogen and oxygen atoms in total. The smallest absolute Gasteiger partial charge is 0.124 e. The number of hydrogen-bond acceptors (Lipinski definition) is 2. The predicted octanol–water partition coefficient (Wildman–Crippen LogP) is 3.52. The summed E-state index contributed by atoms with van der Waals surface area (Å²) in [6.45, 7) is 3.35. The van der Waals surface area contributed by atoms with Gasteiger partial charge in [-0.1, -0.05) is 11.6 Å². The summed E-state index contributed by atoms with van der Waals surface area (Å²) in [5, 5.41) is 3.90. The molecule has 1 aromatic rings. The van der Waals surface area contributed by atoms with Gasteiger partial charge in [0.05, 0.1) is 10.7 Å². The highest BCUT2D eigenvalue weighted by atomic mass is 35.5. The van der Waals surface area contributed by atoms with Gasteiger partial charge >= 0.3 is 0 Å². The second kappa shape index (κ2) is 4.71. The van der Waals surface area contributed by atoms with Crippen molar-refractivity contribution < 1.29 is 4.39 Å². The van der Waals surface area contributed by atoms with Crippen molar-refractivity contribution in [2.24, 2.45) is 0 Å². The summed E-state index contributed by atoms with van der Waals surface area (Å²) in [5.41, 5.74) is 0.841. The van der Waals surface area contributed by atoms with Crippen LogP contribution in [0.1, 0.15) is 26.2 Å². The minimum absolute atomic E-state index is 0.287. The Morgan fingerprint density at radius 3 is 2.83 bits per heavy atom. The van der Waals surface area contributed by atoms with Gasteiger partial charge in [-0.25, -0.2) is 4.39 Å². The maximum atomic E-state index is 13.0. The van der Waals surface area contributed by atoms with Crippen LogP contribution in [0.2, 0.25) is 5.02 Å². The van der Waals surface area contributed by atoms with E-state index in [-0.39, 0.29) is 5.82 Å². The molecule has 3 rings (SSSR count). The first-order valence-electron chi connectivity index (χ1n) is 6.61. The summed E-state index contributed by atoms with van der Waals surface area (Å²) in [6, 6.07) is 6.39. The normalized spacial score (nSPS) is 28.6. The summed E-state index contributed by atoms with van der Waals surface area (Å²) in [5.74, 6) is -0.287. The Bertz CT molecular complexity index is 447. The third-order valence-corrected chi connectivity index (χ3v) is 4.24. The summed E-state index contributed by atoms with van der Waals surface area (Å²) < 4.78 is 13.0. The fourth-order valence-electron chi connectivity index (χ4n) is 2.90. The van der Waals surface area contributed by atoms with Crippen LogP contribution in [-0.2, 0) is 0 Å². The molecular formula is C14H18ClFN2. The predicted molar refractivity (Wildman–Crippen MR) is 72.6 cm³/mol. The van der Waals surface area contributed by atoms with Gasteiger partial charge in [-0.15, -0.1) is 0 Å². The zero-order chi connectivity index (χ0) is 12.7. The first-order chi connectivity index (χ1) is 8.63. The first-order valence-corrected chi connectivity index (χ1v) is 6.98. The molecule has 0 bridgehead atoms. The number of halogens is 2.